The molecule has 0 saturated carbocycles. The van der Waals surface area contributed by atoms with Gasteiger partial charge in [0.05, 0.1) is 6.42 Å². The van der Waals surface area contributed by atoms with Gasteiger partial charge in [0.25, 0.3) is 0 Å². The molecule has 0 spiro atoms. The average Bonchev–Trinajstić information content (AvgIpc) is 2.63. The van der Waals surface area contributed by atoms with Crippen LogP contribution in [0.4, 0.5) is 15.9 Å². The minimum atomic E-state index is -0.344. The summed E-state index contributed by atoms with van der Waals surface area (Å²) < 4.78 is 13.7. The summed E-state index contributed by atoms with van der Waals surface area (Å²) in [7, 11) is 1.77. The van der Waals surface area contributed by atoms with Crippen LogP contribution in [-0.4, -0.2) is 54.0 Å². The zero-order valence-electron chi connectivity index (χ0n) is 13.9. The molecule has 0 radical (unpaired) electrons. The van der Waals surface area contributed by atoms with E-state index in [9.17, 15) is 9.18 Å². The molecule has 1 N–H and O–H groups in total. The Hall–Kier alpha value is -2.41. The molecule has 0 bridgehead atoms. The number of nitrogens with zero attached hydrogens (tertiary/aromatic N) is 4. The van der Waals surface area contributed by atoms with Crippen LogP contribution in [0.3, 0.4) is 0 Å². The largest absolute Gasteiger partial charge is 0.383 e. The van der Waals surface area contributed by atoms with Gasteiger partial charge in [-0.05, 0) is 11.6 Å². The summed E-state index contributed by atoms with van der Waals surface area (Å²) in [5.41, 5.74) is 1.10. The van der Waals surface area contributed by atoms with Crippen LogP contribution in [0.25, 0.3) is 0 Å². The maximum Gasteiger partial charge on any atom is 0.227 e. The monoisotopic (exact) mass is 363 g/mol. The first kappa shape index (κ1) is 17.4. The van der Waals surface area contributed by atoms with E-state index in [1.807, 2.05) is 0 Å². The van der Waals surface area contributed by atoms with Crippen molar-refractivity contribution >= 4 is 29.0 Å². The third-order valence-corrected chi connectivity index (χ3v) is 4.55. The maximum absolute atomic E-state index is 13.7. The van der Waals surface area contributed by atoms with E-state index in [4.69, 9.17) is 11.6 Å². The topological polar surface area (TPSA) is 61.4 Å². The van der Waals surface area contributed by atoms with Crippen LogP contribution in [0.5, 0.6) is 0 Å². The average molecular weight is 364 g/mol. The van der Waals surface area contributed by atoms with E-state index in [2.05, 4.69) is 20.2 Å². The highest BCUT2D eigenvalue weighted by Gasteiger charge is 2.24. The lowest BCUT2D eigenvalue weighted by atomic mass is 10.1. The molecule has 1 saturated heterocycles. The van der Waals surface area contributed by atoms with Gasteiger partial charge in [-0.1, -0.05) is 29.8 Å². The molecule has 8 heteroatoms. The molecule has 1 aliphatic heterocycles. The summed E-state index contributed by atoms with van der Waals surface area (Å²) in [5, 5.41) is 3.38. The number of benzene rings is 1. The van der Waals surface area contributed by atoms with Gasteiger partial charge in [0.2, 0.25) is 5.91 Å². The van der Waals surface area contributed by atoms with Gasteiger partial charge in [-0.25, -0.2) is 14.4 Å². The number of carbonyl (C=O) groups excluding carboxylic acids is 1. The van der Waals surface area contributed by atoms with Gasteiger partial charge in [-0.3, -0.25) is 4.79 Å². The molecule has 0 atom stereocenters. The Labute approximate surface area is 150 Å². The lowest BCUT2D eigenvalue weighted by Gasteiger charge is -2.36. The summed E-state index contributed by atoms with van der Waals surface area (Å²) >= 11 is 6.09. The molecule has 1 aliphatic rings. The Balaban J connectivity index is 1.63. The van der Waals surface area contributed by atoms with E-state index in [1.165, 1.54) is 12.4 Å². The van der Waals surface area contributed by atoms with Crippen molar-refractivity contribution in [1.29, 1.82) is 0 Å². The molecular weight excluding hydrogens is 345 g/mol. The second-order valence-corrected chi connectivity index (χ2v) is 6.11. The fourth-order valence-corrected chi connectivity index (χ4v) is 3.12. The Morgan fingerprint density at radius 2 is 1.96 bits per heavy atom. The number of amides is 1. The van der Waals surface area contributed by atoms with Crippen LogP contribution >= 0.6 is 11.6 Å². The van der Waals surface area contributed by atoms with Crippen molar-refractivity contribution in [2.24, 2.45) is 0 Å². The first-order chi connectivity index (χ1) is 12.1. The summed E-state index contributed by atoms with van der Waals surface area (Å²) in [6.07, 6.45) is 1.50. The molecule has 2 aromatic rings. The molecular formula is C17H19ClFN5O. The Morgan fingerprint density at radius 1 is 1.24 bits per heavy atom. The second-order valence-electron chi connectivity index (χ2n) is 5.75. The SMILES string of the molecule is CNc1c(Cl)ncnc1N1CCN(C(=O)Cc2ccccc2F)CC1. The standard InChI is InChI=1S/C17H19ClFN5O/c1-20-15-16(18)21-11-22-17(15)24-8-6-23(7-9-24)14(25)10-12-4-2-3-5-13(12)19/h2-5,11,20H,6-10H2,1H3. The molecule has 2 heterocycles. The number of rotatable bonds is 4. The third kappa shape index (κ3) is 3.82. The van der Waals surface area contributed by atoms with Crippen LogP contribution in [0, 0.1) is 5.82 Å². The van der Waals surface area contributed by atoms with Gasteiger partial charge >= 0.3 is 0 Å². The van der Waals surface area contributed by atoms with Gasteiger partial charge in [0.1, 0.15) is 17.8 Å². The minimum Gasteiger partial charge on any atom is -0.383 e. The first-order valence-corrected chi connectivity index (χ1v) is 8.42. The summed E-state index contributed by atoms with van der Waals surface area (Å²) in [4.78, 5) is 24.5. The molecule has 3 rings (SSSR count). The fraction of sp³-hybridized carbons (Fsp3) is 0.353. The maximum atomic E-state index is 13.7. The molecule has 1 amide bonds. The summed E-state index contributed by atoms with van der Waals surface area (Å²) in [5.74, 6) is 0.312. The number of halogens is 2. The molecule has 1 aromatic heterocycles. The highest BCUT2D eigenvalue weighted by atomic mass is 35.5. The predicted octanol–water partition coefficient (Wildman–Crippen LogP) is 2.20. The van der Waals surface area contributed by atoms with Crippen LogP contribution in [0.1, 0.15) is 5.56 Å². The third-order valence-electron chi connectivity index (χ3n) is 4.26. The van der Waals surface area contributed by atoms with E-state index < -0.39 is 0 Å². The lowest BCUT2D eigenvalue weighted by Crippen LogP contribution is -2.49. The number of piperazine rings is 1. The van der Waals surface area contributed by atoms with Crippen molar-refractivity contribution in [2.75, 3.05) is 43.4 Å². The Morgan fingerprint density at radius 3 is 2.64 bits per heavy atom. The second kappa shape index (κ2) is 7.65. The zero-order chi connectivity index (χ0) is 17.8. The number of carbonyl (C=O) groups is 1. The van der Waals surface area contributed by atoms with E-state index >= 15 is 0 Å². The quantitative estimate of drug-likeness (QED) is 0.844. The predicted molar refractivity (Wildman–Crippen MR) is 95.5 cm³/mol. The number of hydrogen-bond donors (Lipinski definition) is 1. The number of nitrogens with one attached hydrogen (secondary N) is 1. The highest BCUT2D eigenvalue weighted by molar-refractivity contribution is 6.32. The van der Waals surface area contributed by atoms with Gasteiger partial charge in [0.15, 0.2) is 11.0 Å². The van der Waals surface area contributed by atoms with Crippen molar-refractivity contribution in [3.8, 4) is 0 Å². The molecule has 132 valence electrons. The van der Waals surface area contributed by atoms with Crippen LogP contribution in [0.2, 0.25) is 5.15 Å². The van der Waals surface area contributed by atoms with Gasteiger partial charge in [-0.2, -0.15) is 0 Å². The summed E-state index contributed by atoms with van der Waals surface area (Å²) in [6.45, 7) is 2.37. The van der Waals surface area contributed by atoms with E-state index in [-0.39, 0.29) is 18.1 Å². The van der Waals surface area contributed by atoms with Crippen molar-refractivity contribution in [3.63, 3.8) is 0 Å². The van der Waals surface area contributed by atoms with Crippen molar-refractivity contribution < 1.29 is 9.18 Å². The zero-order valence-corrected chi connectivity index (χ0v) is 14.6. The van der Waals surface area contributed by atoms with E-state index in [0.717, 1.165) is 5.82 Å². The number of anilines is 2. The van der Waals surface area contributed by atoms with E-state index in [0.29, 0.717) is 42.6 Å². The first-order valence-electron chi connectivity index (χ1n) is 8.04. The van der Waals surface area contributed by atoms with Crippen molar-refractivity contribution in [1.82, 2.24) is 14.9 Å². The molecule has 1 aromatic carbocycles. The molecule has 25 heavy (non-hydrogen) atoms. The fourth-order valence-electron chi connectivity index (χ4n) is 2.89. The van der Waals surface area contributed by atoms with E-state index in [1.54, 1.807) is 30.1 Å². The Bertz CT molecular complexity index is 764. The Kier molecular flexibility index (Phi) is 5.33. The summed E-state index contributed by atoms with van der Waals surface area (Å²) in [6, 6.07) is 6.38. The normalized spacial score (nSPS) is 14.5. The molecule has 0 aliphatic carbocycles. The number of aromatic nitrogens is 2. The molecule has 1 fully saturated rings. The van der Waals surface area contributed by atoms with Gasteiger partial charge in [0, 0.05) is 33.2 Å². The van der Waals surface area contributed by atoms with Crippen molar-refractivity contribution in [2.45, 2.75) is 6.42 Å². The van der Waals surface area contributed by atoms with Crippen LogP contribution < -0.4 is 10.2 Å². The van der Waals surface area contributed by atoms with Crippen molar-refractivity contribution in [3.05, 3.63) is 47.1 Å². The van der Waals surface area contributed by atoms with Gasteiger partial charge in [-0.15, -0.1) is 0 Å². The minimum absolute atomic E-state index is 0.0701. The highest BCUT2D eigenvalue weighted by Crippen LogP contribution is 2.29. The number of hydrogen-bond acceptors (Lipinski definition) is 5. The van der Waals surface area contributed by atoms with Crippen LogP contribution in [-0.2, 0) is 11.2 Å². The molecule has 6 nitrogen and oxygen atoms in total. The van der Waals surface area contributed by atoms with Crippen LogP contribution in [0.15, 0.2) is 30.6 Å². The molecule has 0 unspecified atom stereocenters. The van der Waals surface area contributed by atoms with Gasteiger partial charge < -0.3 is 15.1 Å². The smallest absolute Gasteiger partial charge is 0.227 e. The lowest BCUT2D eigenvalue weighted by molar-refractivity contribution is -0.130.